The summed E-state index contributed by atoms with van der Waals surface area (Å²) in [5.41, 5.74) is 0. The van der Waals surface area contributed by atoms with Crippen molar-refractivity contribution in [3.8, 4) is 0 Å². The molecular formula is C26H44N4O7. The lowest BCUT2D eigenvalue weighted by atomic mass is 10.1. The number of rotatable bonds is 23. The van der Waals surface area contributed by atoms with E-state index in [1.807, 2.05) is 0 Å². The second kappa shape index (κ2) is 21.3. The standard InChI is InChI=1S/C26H44N4O7/c1-2-3-4-5-6-7-8-9-22(31)27-14-15-28-24(33)13-18-36-20-21-37-19-16-29-23(32)12-17-30-25(34)10-11-26(30)35/h10-11H,2-9,12-21H2,1H3,(H,27,31)(H,28,33)(H,29,32). The Morgan fingerprint density at radius 1 is 0.649 bits per heavy atom. The van der Waals surface area contributed by atoms with Crippen molar-refractivity contribution < 1.29 is 33.4 Å². The fourth-order valence-electron chi connectivity index (χ4n) is 3.53. The topological polar surface area (TPSA) is 143 Å². The molecule has 1 aliphatic rings. The monoisotopic (exact) mass is 524 g/mol. The molecule has 0 aromatic carbocycles. The van der Waals surface area contributed by atoms with Crippen molar-refractivity contribution in [3.63, 3.8) is 0 Å². The maximum absolute atomic E-state index is 11.8. The van der Waals surface area contributed by atoms with Crippen LogP contribution in [0.1, 0.15) is 71.1 Å². The van der Waals surface area contributed by atoms with Crippen molar-refractivity contribution >= 4 is 29.5 Å². The number of imide groups is 1. The molecule has 0 aromatic heterocycles. The highest BCUT2D eigenvalue weighted by Gasteiger charge is 2.23. The highest BCUT2D eigenvalue weighted by Crippen LogP contribution is 2.08. The third-order valence-electron chi connectivity index (χ3n) is 5.65. The van der Waals surface area contributed by atoms with Crippen molar-refractivity contribution in [2.45, 2.75) is 71.1 Å². The Labute approximate surface area is 220 Å². The van der Waals surface area contributed by atoms with Crippen LogP contribution in [0.25, 0.3) is 0 Å². The lowest BCUT2D eigenvalue weighted by Gasteiger charge is -2.13. The number of hydrogen-bond donors (Lipinski definition) is 3. The third-order valence-corrected chi connectivity index (χ3v) is 5.65. The zero-order valence-corrected chi connectivity index (χ0v) is 22.2. The zero-order valence-electron chi connectivity index (χ0n) is 22.2. The number of ether oxygens (including phenoxy) is 2. The molecule has 0 spiro atoms. The van der Waals surface area contributed by atoms with Gasteiger partial charge in [0.25, 0.3) is 11.8 Å². The summed E-state index contributed by atoms with van der Waals surface area (Å²) in [6.45, 7) is 4.55. The minimum absolute atomic E-state index is 0.0262. The van der Waals surface area contributed by atoms with E-state index in [9.17, 15) is 24.0 Å². The number of hydrogen-bond acceptors (Lipinski definition) is 7. The Morgan fingerprint density at radius 3 is 1.81 bits per heavy atom. The molecule has 1 rings (SSSR count). The van der Waals surface area contributed by atoms with Crippen LogP contribution in [0, 0.1) is 0 Å². The number of unbranched alkanes of at least 4 members (excludes halogenated alkanes) is 6. The van der Waals surface area contributed by atoms with Gasteiger partial charge in [-0.15, -0.1) is 0 Å². The van der Waals surface area contributed by atoms with E-state index in [2.05, 4.69) is 22.9 Å². The van der Waals surface area contributed by atoms with E-state index in [1.165, 1.54) is 44.3 Å². The van der Waals surface area contributed by atoms with Crippen LogP contribution < -0.4 is 16.0 Å². The molecule has 0 radical (unpaired) electrons. The van der Waals surface area contributed by atoms with Gasteiger partial charge in [-0.25, -0.2) is 0 Å². The maximum atomic E-state index is 11.8. The van der Waals surface area contributed by atoms with Gasteiger partial charge in [0.15, 0.2) is 0 Å². The molecule has 37 heavy (non-hydrogen) atoms. The van der Waals surface area contributed by atoms with Crippen LogP contribution in [-0.2, 0) is 33.4 Å². The van der Waals surface area contributed by atoms with Crippen molar-refractivity contribution in [1.29, 1.82) is 0 Å². The molecule has 0 saturated heterocycles. The van der Waals surface area contributed by atoms with E-state index in [1.54, 1.807) is 0 Å². The molecule has 3 N–H and O–H groups in total. The van der Waals surface area contributed by atoms with E-state index >= 15 is 0 Å². The molecule has 11 heteroatoms. The molecule has 1 aliphatic heterocycles. The van der Waals surface area contributed by atoms with Crippen molar-refractivity contribution in [3.05, 3.63) is 12.2 Å². The first-order chi connectivity index (χ1) is 17.9. The molecule has 1 heterocycles. The van der Waals surface area contributed by atoms with Crippen molar-refractivity contribution in [2.75, 3.05) is 52.6 Å². The number of carbonyl (C=O) groups is 5. The highest BCUT2D eigenvalue weighted by molar-refractivity contribution is 6.13. The van der Waals surface area contributed by atoms with Crippen LogP contribution in [0.2, 0.25) is 0 Å². The predicted octanol–water partition coefficient (Wildman–Crippen LogP) is 1.21. The number of amides is 5. The van der Waals surface area contributed by atoms with Gasteiger partial charge in [-0.05, 0) is 6.42 Å². The van der Waals surface area contributed by atoms with E-state index in [0.29, 0.717) is 45.9 Å². The summed E-state index contributed by atoms with van der Waals surface area (Å²) in [6, 6.07) is 0. The van der Waals surface area contributed by atoms with Crippen LogP contribution in [-0.4, -0.2) is 87.0 Å². The fraction of sp³-hybridized carbons (Fsp3) is 0.731. The first kappa shape index (κ1) is 32.2. The minimum Gasteiger partial charge on any atom is -0.379 e. The second-order valence-electron chi connectivity index (χ2n) is 8.81. The molecular weight excluding hydrogens is 480 g/mol. The fourth-order valence-corrected chi connectivity index (χ4v) is 3.53. The maximum Gasteiger partial charge on any atom is 0.253 e. The molecule has 0 saturated carbocycles. The summed E-state index contributed by atoms with van der Waals surface area (Å²) in [5.74, 6) is -1.20. The van der Waals surface area contributed by atoms with Gasteiger partial charge < -0.3 is 25.4 Å². The Hall–Kier alpha value is -2.79. The van der Waals surface area contributed by atoms with Crippen LogP contribution in [0.3, 0.4) is 0 Å². The van der Waals surface area contributed by atoms with Crippen LogP contribution >= 0.6 is 0 Å². The molecule has 0 aliphatic carbocycles. The van der Waals surface area contributed by atoms with Crippen LogP contribution in [0.4, 0.5) is 0 Å². The second-order valence-corrected chi connectivity index (χ2v) is 8.81. The molecule has 0 bridgehead atoms. The van der Waals surface area contributed by atoms with E-state index in [0.717, 1.165) is 17.7 Å². The van der Waals surface area contributed by atoms with Crippen LogP contribution in [0.5, 0.6) is 0 Å². The minimum atomic E-state index is -0.406. The van der Waals surface area contributed by atoms with Gasteiger partial charge in [0.05, 0.1) is 26.4 Å². The normalized spacial score (nSPS) is 12.7. The van der Waals surface area contributed by atoms with Crippen LogP contribution in [0.15, 0.2) is 12.2 Å². The Balaban J connectivity index is 1.84. The summed E-state index contributed by atoms with van der Waals surface area (Å²) < 4.78 is 10.7. The predicted molar refractivity (Wildman–Crippen MR) is 138 cm³/mol. The number of nitrogens with zero attached hydrogens (tertiary/aromatic N) is 1. The van der Waals surface area contributed by atoms with Gasteiger partial charge in [-0.3, -0.25) is 28.9 Å². The smallest absolute Gasteiger partial charge is 0.253 e. The summed E-state index contributed by atoms with van der Waals surface area (Å²) in [6.07, 6.45) is 11.4. The van der Waals surface area contributed by atoms with Gasteiger partial charge in [0.2, 0.25) is 17.7 Å². The van der Waals surface area contributed by atoms with Crippen molar-refractivity contribution in [2.24, 2.45) is 0 Å². The molecule has 0 atom stereocenters. The molecule has 5 amide bonds. The van der Waals surface area contributed by atoms with E-state index in [-0.39, 0.29) is 43.7 Å². The summed E-state index contributed by atoms with van der Waals surface area (Å²) in [7, 11) is 0. The Morgan fingerprint density at radius 2 is 1.16 bits per heavy atom. The average Bonchev–Trinajstić information content (AvgIpc) is 3.20. The average molecular weight is 525 g/mol. The van der Waals surface area contributed by atoms with E-state index in [4.69, 9.17) is 9.47 Å². The molecule has 0 unspecified atom stereocenters. The lowest BCUT2D eigenvalue weighted by Crippen LogP contribution is -2.35. The van der Waals surface area contributed by atoms with Gasteiger partial charge in [0, 0.05) is 57.6 Å². The summed E-state index contributed by atoms with van der Waals surface area (Å²) in [5, 5.41) is 8.22. The first-order valence-corrected chi connectivity index (χ1v) is 13.4. The molecule has 0 aromatic rings. The summed E-state index contributed by atoms with van der Waals surface area (Å²) in [4.78, 5) is 59.2. The largest absolute Gasteiger partial charge is 0.379 e. The van der Waals surface area contributed by atoms with Gasteiger partial charge in [-0.1, -0.05) is 45.4 Å². The van der Waals surface area contributed by atoms with Gasteiger partial charge in [-0.2, -0.15) is 0 Å². The Bertz CT molecular complexity index is 724. The van der Waals surface area contributed by atoms with Gasteiger partial charge in [0.1, 0.15) is 0 Å². The van der Waals surface area contributed by atoms with Gasteiger partial charge >= 0.3 is 0 Å². The summed E-state index contributed by atoms with van der Waals surface area (Å²) >= 11 is 0. The quantitative estimate of drug-likeness (QED) is 0.135. The van der Waals surface area contributed by atoms with Crippen molar-refractivity contribution in [1.82, 2.24) is 20.9 Å². The lowest BCUT2D eigenvalue weighted by molar-refractivity contribution is -0.137. The number of carbonyl (C=O) groups excluding carboxylic acids is 5. The SMILES string of the molecule is CCCCCCCCCC(=O)NCCNC(=O)CCOCCOCCNC(=O)CCN1C(=O)C=CC1=O. The van der Waals surface area contributed by atoms with E-state index < -0.39 is 11.8 Å². The number of nitrogens with one attached hydrogen (secondary N) is 3. The molecule has 11 nitrogen and oxygen atoms in total. The Kier molecular flexibility index (Phi) is 18.6. The first-order valence-electron chi connectivity index (χ1n) is 13.4. The molecule has 0 fully saturated rings. The highest BCUT2D eigenvalue weighted by atomic mass is 16.5. The third kappa shape index (κ3) is 17.3. The molecule has 210 valence electrons. The zero-order chi connectivity index (χ0) is 27.1.